The fourth-order valence-corrected chi connectivity index (χ4v) is 1.74. The molecular formula is C12H28N2O. The standard InChI is InChI=1S/C12H28N2O/c1-5-11(7-9(3)13)15-12(6-2)8-10(4)14/h9-12H,5-8,13-14H2,1-4H3. The van der Waals surface area contributed by atoms with Gasteiger partial charge in [-0.05, 0) is 39.5 Å². The van der Waals surface area contributed by atoms with Gasteiger partial charge in [0.1, 0.15) is 0 Å². The molecule has 0 bridgehead atoms. The third kappa shape index (κ3) is 7.77. The maximum atomic E-state index is 6.01. The van der Waals surface area contributed by atoms with Gasteiger partial charge in [0.2, 0.25) is 0 Å². The summed E-state index contributed by atoms with van der Waals surface area (Å²) in [6.07, 6.45) is 4.49. The Hall–Kier alpha value is -0.120. The van der Waals surface area contributed by atoms with Crippen LogP contribution in [0.4, 0.5) is 0 Å². The molecule has 15 heavy (non-hydrogen) atoms. The average molecular weight is 216 g/mol. The second kappa shape index (κ2) is 8.08. The number of ether oxygens (including phenoxy) is 1. The molecule has 0 aromatic carbocycles. The van der Waals surface area contributed by atoms with Gasteiger partial charge in [0, 0.05) is 12.1 Å². The van der Waals surface area contributed by atoms with Gasteiger partial charge < -0.3 is 16.2 Å². The third-order valence-electron chi connectivity index (χ3n) is 2.56. The molecule has 4 unspecified atom stereocenters. The number of rotatable bonds is 8. The van der Waals surface area contributed by atoms with E-state index in [4.69, 9.17) is 16.2 Å². The lowest BCUT2D eigenvalue weighted by Gasteiger charge is -2.25. The zero-order valence-corrected chi connectivity index (χ0v) is 10.7. The second-order valence-electron chi connectivity index (χ2n) is 4.62. The highest BCUT2D eigenvalue weighted by Gasteiger charge is 2.16. The minimum Gasteiger partial charge on any atom is -0.375 e. The molecule has 0 saturated heterocycles. The van der Waals surface area contributed by atoms with Gasteiger partial charge in [0.05, 0.1) is 12.2 Å². The lowest BCUT2D eigenvalue weighted by atomic mass is 10.1. The molecule has 0 aliphatic carbocycles. The molecule has 0 aromatic rings. The molecule has 0 rings (SSSR count). The highest BCUT2D eigenvalue weighted by Crippen LogP contribution is 2.14. The monoisotopic (exact) mass is 216 g/mol. The van der Waals surface area contributed by atoms with Crippen molar-refractivity contribution in [2.24, 2.45) is 11.5 Å². The van der Waals surface area contributed by atoms with Crippen molar-refractivity contribution in [3.63, 3.8) is 0 Å². The predicted octanol–water partition coefficient (Wildman–Crippen LogP) is 2.03. The molecule has 3 heteroatoms. The van der Waals surface area contributed by atoms with Crippen LogP contribution in [0, 0.1) is 0 Å². The van der Waals surface area contributed by atoms with Crippen LogP contribution < -0.4 is 11.5 Å². The molecule has 3 nitrogen and oxygen atoms in total. The fraction of sp³-hybridized carbons (Fsp3) is 1.00. The van der Waals surface area contributed by atoms with Crippen LogP contribution >= 0.6 is 0 Å². The van der Waals surface area contributed by atoms with Crippen molar-refractivity contribution in [3.8, 4) is 0 Å². The molecule has 0 spiro atoms. The minimum atomic E-state index is 0.211. The highest BCUT2D eigenvalue weighted by molar-refractivity contribution is 4.69. The Balaban J connectivity index is 3.99. The van der Waals surface area contributed by atoms with Crippen LogP contribution in [0.2, 0.25) is 0 Å². The summed E-state index contributed by atoms with van der Waals surface area (Å²) in [6, 6.07) is 0.422. The molecule has 0 aliphatic rings. The molecule has 4 N–H and O–H groups in total. The molecule has 0 radical (unpaired) electrons. The first-order valence-electron chi connectivity index (χ1n) is 6.16. The average Bonchev–Trinajstić information content (AvgIpc) is 2.14. The van der Waals surface area contributed by atoms with Crippen LogP contribution in [-0.2, 0) is 4.74 Å². The van der Waals surface area contributed by atoms with Gasteiger partial charge in [-0.3, -0.25) is 0 Å². The minimum absolute atomic E-state index is 0.211. The summed E-state index contributed by atoms with van der Waals surface area (Å²) in [5, 5.41) is 0. The summed E-state index contributed by atoms with van der Waals surface area (Å²) in [5.41, 5.74) is 11.6. The van der Waals surface area contributed by atoms with Crippen LogP contribution in [-0.4, -0.2) is 24.3 Å². The van der Waals surface area contributed by atoms with Crippen LogP contribution in [0.15, 0.2) is 0 Å². The summed E-state index contributed by atoms with van der Waals surface area (Å²) in [5.74, 6) is 0. The summed E-state index contributed by atoms with van der Waals surface area (Å²) in [7, 11) is 0. The smallest absolute Gasteiger partial charge is 0.0591 e. The Morgan fingerprint density at radius 3 is 1.40 bits per heavy atom. The van der Waals surface area contributed by atoms with Gasteiger partial charge in [0.25, 0.3) is 0 Å². The van der Waals surface area contributed by atoms with Crippen molar-refractivity contribution in [2.75, 3.05) is 0 Å². The third-order valence-corrected chi connectivity index (χ3v) is 2.56. The maximum absolute atomic E-state index is 6.01. The van der Waals surface area contributed by atoms with E-state index in [1.807, 2.05) is 13.8 Å². The molecule has 0 heterocycles. The summed E-state index contributed by atoms with van der Waals surface area (Å²) in [4.78, 5) is 0. The summed E-state index contributed by atoms with van der Waals surface area (Å²) < 4.78 is 6.01. The lowest BCUT2D eigenvalue weighted by Crippen LogP contribution is -2.31. The predicted molar refractivity (Wildman–Crippen MR) is 65.8 cm³/mol. The van der Waals surface area contributed by atoms with Crippen molar-refractivity contribution in [1.29, 1.82) is 0 Å². The van der Waals surface area contributed by atoms with Crippen molar-refractivity contribution in [3.05, 3.63) is 0 Å². The normalized spacial score (nSPS) is 19.6. The lowest BCUT2D eigenvalue weighted by molar-refractivity contribution is -0.0278. The van der Waals surface area contributed by atoms with Crippen molar-refractivity contribution in [2.45, 2.75) is 77.7 Å². The molecule has 4 atom stereocenters. The van der Waals surface area contributed by atoms with Crippen LogP contribution in [0.3, 0.4) is 0 Å². The van der Waals surface area contributed by atoms with Gasteiger partial charge >= 0.3 is 0 Å². The molecule has 0 amide bonds. The van der Waals surface area contributed by atoms with E-state index in [-0.39, 0.29) is 24.3 Å². The van der Waals surface area contributed by atoms with Crippen molar-refractivity contribution in [1.82, 2.24) is 0 Å². The van der Waals surface area contributed by atoms with Gasteiger partial charge in [-0.15, -0.1) is 0 Å². The van der Waals surface area contributed by atoms with E-state index < -0.39 is 0 Å². The second-order valence-corrected chi connectivity index (χ2v) is 4.62. The number of nitrogens with two attached hydrogens (primary N) is 2. The first kappa shape index (κ1) is 14.9. The Kier molecular flexibility index (Phi) is 8.02. The largest absolute Gasteiger partial charge is 0.375 e. The Morgan fingerprint density at radius 2 is 1.20 bits per heavy atom. The first-order chi connectivity index (χ1) is 6.99. The van der Waals surface area contributed by atoms with Crippen LogP contribution in [0.1, 0.15) is 53.4 Å². The van der Waals surface area contributed by atoms with E-state index in [0.717, 1.165) is 25.7 Å². The molecule has 0 fully saturated rings. The van der Waals surface area contributed by atoms with E-state index >= 15 is 0 Å². The molecule has 0 aliphatic heterocycles. The molecular weight excluding hydrogens is 188 g/mol. The van der Waals surface area contributed by atoms with Crippen molar-refractivity contribution >= 4 is 0 Å². The Morgan fingerprint density at radius 1 is 0.867 bits per heavy atom. The van der Waals surface area contributed by atoms with Crippen molar-refractivity contribution < 1.29 is 4.74 Å². The quantitative estimate of drug-likeness (QED) is 0.652. The van der Waals surface area contributed by atoms with E-state index in [2.05, 4.69) is 13.8 Å². The molecule has 92 valence electrons. The zero-order chi connectivity index (χ0) is 11.8. The first-order valence-corrected chi connectivity index (χ1v) is 6.16. The topological polar surface area (TPSA) is 61.3 Å². The fourth-order valence-electron chi connectivity index (χ4n) is 1.74. The van der Waals surface area contributed by atoms with Gasteiger partial charge in [-0.1, -0.05) is 13.8 Å². The summed E-state index contributed by atoms with van der Waals surface area (Å²) in [6.45, 7) is 8.34. The zero-order valence-electron chi connectivity index (χ0n) is 10.7. The molecule has 0 aromatic heterocycles. The maximum Gasteiger partial charge on any atom is 0.0591 e. The Labute approximate surface area is 94.5 Å². The number of hydrogen-bond acceptors (Lipinski definition) is 3. The van der Waals surface area contributed by atoms with Crippen LogP contribution in [0.25, 0.3) is 0 Å². The van der Waals surface area contributed by atoms with Gasteiger partial charge in [0.15, 0.2) is 0 Å². The number of hydrogen-bond donors (Lipinski definition) is 2. The Bertz CT molecular complexity index is 133. The van der Waals surface area contributed by atoms with Crippen LogP contribution in [0.5, 0.6) is 0 Å². The van der Waals surface area contributed by atoms with E-state index in [9.17, 15) is 0 Å². The SMILES string of the molecule is CCC(CC(C)N)OC(CC)CC(C)N. The van der Waals surface area contributed by atoms with E-state index in [0.29, 0.717) is 0 Å². The van der Waals surface area contributed by atoms with Gasteiger partial charge in [-0.25, -0.2) is 0 Å². The summed E-state index contributed by atoms with van der Waals surface area (Å²) >= 11 is 0. The highest BCUT2D eigenvalue weighted by atomic mass is 16.5. The van der Waals surface area contributed by atoms with E-state index in [1.165, 1.54) is 0 Å². The van der Waals surface area contributed by atoms with E-state index in [1.54, 1.807) is 0 Å². The van der Waals surface area contributed by atoms with Gasteiger partial charge in [-0.2, -0.15) is 0 Å². The molecule has 0 saturated carbocycles.